The molecule has 0 saturated carbocycles. The molecule has 6 N–H and O–H groups in total. The van der Waals surface area contributed by atoms with Crippen molar-refractivity contribution < 1.29 is 15.0 Å². The Kier molecular flexibility index (Phi) is 3.58. The van der Waals surface area contributed by atoms with Gasteiger partial charge in [-0.2, -0.15) is 0 Å². The van der Waals surface area contributed by atoms with Gasteiger partial charge in [-0.3, -0.25) is 4.79 Å². The molecule has 1 aromatic rings. The highest BCUT2D eigenvalue weighted by molar-refractivity contribution is 6.13. The highest BCUT2D eigenvalue weighted by atomic mass is 16.5. The van der Waals surface area contributed by atoms with Gasteiger partial charge in [0.05, 0.1) is 6.04 Å². The second-order valence-electron chi connectivity index (χ2n) is 4.61. The monoisotopic (exact) mass is 249 g/mol. The summed E-state index contributed by atoms with van der Waals surface area (Å²) in [7, 11) is 5.23. The maximum atomic E-state index is 10.8. The smallest absolute Gasteiger partial charge is 0.155 e. The fourth-order valence-electron chi connectivity index (χ4n) is 2.32. The van der Waals surface area contributed by atoms with Crippen molar-refractivity contribution in [2.24, 2.45) is 5.73 Å². The number of hydrogen-bond acceptors (Lipinski definition) is 5. The Labute approximate surface area is 106 Å². The van der Waals surface area contributed by atoms with Crippen molar-refractivity contribution in [2.45, 2.75) is 37.2 Å². The Morgan fingerprint density at radius 1 is 1.56 bits per heavy atom. The molecule has 0 aromatic carbocycles. The average molecular weight is 249 g/mol. The van der Waals surface area contributed by atoms with Crippen molar-refractivity contribution in [1.82, 2.24) is 10.3 Å². The normalized spacial score (nSPS) is 24.4. The number of carbonyl (C=O) groups excluding carboxylic acids is 1. The molecule has 1 unspecified atom stereocenters. The van der Waals surface area contributed by atoms with Crippen molar-refractivity contribution in [2.75, 3.05) is 0 Å². The molecule has 2 heterocycles. The number of H-pyrrole nitrogens is 1. The van der Waals surface area contributed by atoms with Crippen molar-refractivity contribution in [1.29, 1.82) is 0 Å². The number of aromatic amines is 1. The van der Waals surface area contributed by atoms with Gasteiger partial charge in [0.25, 0.3) is 0 Å². The third kappa shape index (κ3) is 2.49. The Bertz CT molecular complexity index is 441. The lowest BCUT2D eigenvalue weighted by atomic mass is 9.87. The first-order valence-electron chi connectivity index (χ1n) is 5.82. The van der Waals surface area contributed by atoms with Crippen LogP contribution in [0.1, 0.15) is 40.6 Å². The molecule has 0 bridgehead atoms. The van der Waals surface area contributed by atoms with E-state index in [1.165, 1.54) is 0 Å². The van der Waals surface area contributed by atoms with E-state index in [0.29, 0.717) is 24.1 Å². The van der Waals surface area contributed by atoms with Gasteiger partial charge >= 0.3 is 0 Å². The van der Waals surface area contributed by atoms with Crippen molar-refractivity contribution in [3.8, 4) is 0 Å². The van der Waals surface area contributed by atoms with E-state index in [0.717, 1.165) is 12.0 Å². The van der Waals surface area contributed by atoms with Crippen LogP contribution in [0.15, 0.2) is 6.07 Å². The molecule has 96 valence electrons. The van der Waals surface area contributed by atoms with E-state index in [4.69, 9.17) is 13.6 Å². The summed E-state index contributed by atoms with van der Waals surface area (Å²) >= 11 is 0. The van der Waals surface area contributed by atoms with E-state index >= 15 is 0 Å². The maximum absolute atomic E-state index is 10.8. The first-order valence-corrected chi connectivity index (χ1v) is 5.82. The van der Waals surface area contributed by atoms with Gasteiger partial charge in [-0.15, -0.1) is 0 Å². The van der Waals surface area contributed by atoms with Gasteiger partial charge in [0.15, 0.2) is 14.1 Å². The van der Waals surface area contributed by atoms with Crippen molar-refractivity contribution in [3.05, 3.63) is 23.0 Å². The van der Waals surface area contributed by atoms with Crippen LogP contribution in [-0.2, 0) is 6.54 Å². The molecule has 7 heteroatoms. The van der Waals surface area contributed by atoms with E-state index in [1.54, 1.807) is 6.07 Å². The molecule has 1 aromatic heterocycles. The van der Waals surface area contributed by atoms with Gasteiger partial charge in [-0.25, -0.2) is 0 Å². The molecule has 1 aliphatic heterocycles. The van der Waals surface area contributed by atoms with Crippen LogP contribution in [0.25, 0.3) is 0 Å². The van der Waals surface area contributed by atoms with E-state index in [2.05, 4.69) is 10.3 Å². The molecule has 2 radical (unpaired) electrons. The molecule has 18 heavy (non-hydrogen) atoms. The Hall–Kier alpha value is -1.15. The van der Waals surface area contributed by atoms with Gasteiger partial charge < -0.3 is 26.2 Å². The van der Waals surface area contributed by atoms with E-state index < -0.39 is 11.7 Å². The van der Waals surface area contributed by atoms with E-state index in [1.807, 2.05) is 0 Å². The molecule has 1 fully saturated rings. The minimum Gasteiger partial charge on any atom is -0.373 e. The summed E-state index contributed by atoms with van der Waals surface area (Å²) in [5, 5.41) is 21.7. The molecule has 1 saturated heterocycles. The number of carbonyl (C=O) groups is 1. The van der Waals surface area contributed by atoms with Gasteiger partial charge in [0.2, 0.25) is 0 Å². The predicted octanol–water partition coefficient (Wildman–Crippen LogP) is -1.11. The summed E-state index contributed by atoms with van der Waals surface area (Å²) in [5.74, 6) is 0. The first kappa shape index (κ1) is 13.3. The molecule has 2 atom stereocenters. The molecule has 2 rings (SSSR count). The zero-order valence-corrected chi connectivity index (χ0v) is 9.89. The quantitative estimate of drug-likeness (QED) is 0.264. The minimum atomic E-state index is -2.23. The zero-order chi connectivity index (χ0) is 13.3. The number of aliphatic hydroxyl groups is 2. The topological polar surface area (TPSA) is 111 Å². The molecule has 6 nitrogen and oxygen atoms in total. The maximum Gasteiger partial charge on any atom is 0.155 e. The second kappa shape index (κ2) is 4.85. The van der Waals surface area contributed by atoms with Gasteiger partial charge in [0, 0.05) is 29.5 Å². The lowest BCUT2D eigenvalue weighted by molar-refractivity contribution is -0.108. The number of aromatic nitrogens is 1. The molecule has 0 amide bonds. The fourth-order valence-corrected chi connectivity index (χ4v) is 2.32. The SMILES string of the molecule is [B]C(O)(O)C1CC[C@H](c2cc(C=O)c(CN)[nH]2)N1. The van der Waals surface area contributed by atoms with Crippen LogP contribution in [0.2, 0.25) is 0 Å². The number of nitrogens with two attached hydrogens (primary N) is 1. The number of hydrogen-bond donors (Lipinski definition) is 5. The van der Waals surface area contributed by atoms with E-state index in [9.17, 15) is 15.0 Å². The van der Waals surface area contributed by atoms with Crippen LogP contribution in [0, 0.1) is 0 Å². The van der Waals surface area contributed by atoms with Crippen LogP contribution >= 0.6 is 0 Å². The molecular formula is C11H16BN3O3. The summed E-state index contributed by atoms with van der Waals surface area (Å²) in [6.07, 6.45) is 2.00. The summed E-state index contributed by atoms with van der Waals surface area (Å²) in [4.78, 5) is 13.9. The molecule has 0 spiro atoms. The molecular weight excluding hydrogens is 233 g/mol. The van der Waals surface area contributed by atoms with Gasteiger partial charge in [-0.1, -0.05) is 0 Å². The predicted molar refractivity (Wildman–Crippen MR) is 65.9 cm³/mol. The van der Waals surface area contributed by atoms with E-state index in [-0.39, 0.29) is 12.6 Å². The molecule has 1 aliphatic rings. The van der Waals surface area contributed by atoms with Gasteiger partial charge in [-0.05, 0) is 18.9 Å². The van der Waals surface area contributed by atoms with Crippen molar-refractivity contribution in [3.63, 3.8) is 0 Å². The Balaban J connectivity index is 2.14. The molecule has 0 aliphatic carbocycles. The number of rotatable bonds is 4. The first-order chi connectivity index (χ1) is 8.45. The zero-order valence-electron chi connectivity index (χ0n) is 9.89. The summed E-state index contributed by atoms with van der Waals surface area (Å²) in [6.45, 7) is 0.255. The van der Waals surface area contributed by atoms with Crippen LogP contribution in [0.3, 0.4) is 0 Å². The average Bonchev–Trinajstić information content (AvgIpc) is 2.93. The number of aldehydes is 1. The lowest BCUT2D eigenvalue weighted by Gasteiger charge is -2.25. The minimum absolute atomic E-state index is 0.0868. The highest BCUT2D eigenvalue weighted by Crippen LogP contribution is 2.29. The largest absolute Gasteiger partial charge is 0.373 e. The fraction of sp³-hybridized carbons (Fsp3) is 0.545. The second-order valence-corrected chi connectivity index (χ2v) is 4.61. The van der Waals surface area contributed by atoms with Crippen LogP contribution in [0.4, 0.5) is 0 Å². The Morgan fingerprint density at radius 3 is 2.72 bits per heavy atom. The summed E-state index contributed by atoms with van der Waals surface area (Å²) in [5.41, 5.74) is 5.31. The number of nitrogens with one attached hydrogen (secondary N) is 2. The van der Waals surface area contributed by atoms with Crippen LogP contribution in [-0.4, -0.2) is 41.1 Å². The van der Waals surface area contributed by atoms with Crippen LogP contribution < -0.4 is 11.1 Å². The standard InChI is InChI=1S/C11H16BN3O3/c12-11(17,18)10-2-1-7(15-10)8-3-6(5-16)9(4-13)14-8/h3,5,7,10,14-15,17-18H,1-2,4,13H2/t7-,10?/m1/s1. The summed E-state index contributed by atoms with van der Waals surface area (Å²) in [6, 6.07) is 1.05. The van der Waals surface area contributed by atoms with Crippen molar-refractivity contribution >= 4 is 14.1 Å². The summed E-state index contributed by atoms with van der Waals surface area (Å²) < 4.78 is 0. The third-order valence-corrected chi connectivity index (χ3v) is 3.32. The van der Waals surface area contributed by atoms with Gasteiger partial charge in [0.1, 0.15) is 5.69 Å². The lowest BCUT2D eigenvalue weighted by Crippen LogP contribution is -2.48. The third-order valence-electron chi connectivity index (χ3n) is 3.32. The van der Waals surface area contributed by atoms with Crippen LogP contribution in [0.5, 0.6) is 0 Å². The Morgan fingerprint density at radius 2 is 2.28 bits per heavy atom. The highest BCUT2D eigenvalue weighted by Gasteiger charge is 2.36.